The van der Waals surface area contributed by atoms with E-state index in [1.807, 2.05) is 49.1 Å². The average Bonchev–Trinajstić information content (AvgIpc) is 2.82. The van der Waals surface area contributed by atoms with E-state index < -0.39 is 0 Å². The molecule has 0 spiro atoms. The third kappa shape index (κ3) is 2.22. The van der Waals surface area contributed by atoms with E-state index in [2.05, 4.69) is 10.4 Å². The van der Waals surface area contributed by atoms with E-state index in [4.69, 9.17) is 0 Å². The molecule has 1 aliphatic rings. The summed E-state index contributed by atoms with van der Waals surface area (Å²) in [5.74, 6) is 0.00445. The predicted molar refractivity (Wildman–Crippen MR) is 77.5 cm³/mol. The highest BCUT2D eigenvalue weighted by molar-refractivity contribution is 5.95. The Morgan fingerprint density at radius 1 is 1.40 bits per heavy atom. The Labute approximate surface area is 118 Å². The highest BCUT2D eigenvalue weighted by Gasteiger charge is 2.25. The topological polar surface area (TPSA) is 46.9 Å². The number of carbonyl (C=O) groups is 1. The van der Waals surface area contributed by atoms with E-state index in [-0.39, 0.29) is 11.9 Å². The van der Waals surface area contributed by atoms with Gasteiger partial charge in [-0.2, -0.15) is 5.10 Å². The minimum Gasteiger partial charge on any atom is -0.345 e. The van der Waals surface area contributed by atoms with Crippen molar-refractivity contribution in [1.82, 2.24) is 15.1 Å². The summed E-state index contributed by atoms with van der Waals surface area (Å²) in [6.07, 6.45) is 5.00. The van der Waals surface area contributed by atoms with Crippen LogP contribution in [0.1, 0.15) is 46.1 Å². The van der Waals surface area contributed by atoms with E-state index in [9.17, 15) is 4.79 Å². The van der Waals surface area contributed by atoms with Crippen LogP contribution >= 0.6 is 0 Å². The molecule has 1 unspecified atom stereocenters. The first-order valence-electron chi connectivity index (χ1n) is 7.04. The second kappa shape index (κ2) is 5.12. The second-order valence-corrected chi connectivity index (χ2v) is 5.40. The summed E-state index contributed by atoms with van der Waals surface area (Å²) in [7, 11) is 1.96. The van der Waals surface area contributed by atoms with E-state index in [0.717, 1.165) is 30.4 Å². The fourth-order valence-electron chi connectivity index (χ4n) is 2.92. The molecular weight excluding hydrogens is 250 g/mol. The average molecular weight is 269 g/mol. The number of hydrogen-bond acceptors (Lipinski definition) is 2. The molecule has 1 N–H and O–H groups in total. The molecule has 3 rings (SSSR count). The molecule has 1 aromatic heterocycles. The van der Waals surface area contributed by atoms with Crippen molar-refractivity contribution < 1.29 is 4.79 Å². The first-order valence-corrected chi connectivity index (χ1v) is 7.04. The van der Waals surface area contributed by atoms with Crippen molar-refractivity contribution in [1.29, 1.82) is 0 Å². The second-order valence-electron chi connectivity index (χ2n) is 5.40. The molecule has 0 saturated carbocycles. The molecule has 20 heavy (non-hydrogen) atoms. The largest absolute Gasteiger partial charge is 0.345 e. The monoisotopic (exact) mass is 269 g/mol. The summed E-state index contributed by atoms with van der Waals surface area (Å²) in [4.78, 5) is 12.4. The fourth-order valence-corrected chi connectivity index (χ4v) is 2.92. The molecule has 1 heterocycles. The lowest BCUT2D eigenvalue weighted by molar-refractivity contribution is 0.0932. The minimum absolute atomic E-state index is 0.00445. The maximum Gasteiger partial charge on any atom is 0.252 e. The van der Waals surface area contributed by atoms with Crippen molar-refractivity contribution in [2.24, 2.45) is 7.05 Å². The van der Waals surface area contributed by atoms with Crippen molar-refractivity contribution in [3.05, 3.63) is 52.8 Å². The Morgan fingerprint density at radius 3 is 3.00 bits per heavy atom. The minimum atomic E-state index is 0.00445. The first kappa shape index (κ1) is 12.9. The number of aromatic nitrogens is 2. The molecule has 0 aliphatic heterocycles. The number of aryl methyl sites for hydroxylation is 2. The van der Waals surface area contributed by atoms with Crippen LogP contribution in [-0.4, -0.2) is 15.7 Å². The Morgan fingerprint density at radius 2 is 2.20 bits per heavy atom. The van der Waals surface area contributed by atoms with Crippen LogP contribution in [0.2, 0.25) is 0 Å². The number of fused-ring (bicyclic) bond motifs is 1. The van der Waals surface area contributed by atoms with Gasteiger partial charge in [0.15, 0.2) is 0 Å². The molecule has 4 nitrogen and oxygen atoms in total. The Bertz CT molecular complexity index is 645. The lowest BCUT2D eigenvalue weighted by atomic mass is 9.92. The predicted octanol–water partition coefficient (Wildman–Crippen LogP) is 2.54. The fraction of sp³-hybridized carbons (Fsp3) is 0.375. The molecule has 1 atom stereocenters. The molecule has 1 aromatic carbocycles. The smallest absolute Gasteiger partial charge is 0.252 e. The normalized spacial score (nSPS) is 17.6. The van der Waals surface area contributed by atoms with Gasteiger partial charge in [-0.15, -0.1) is 0 Å². The van der Waals surface area contributed by atoms with Crippen molar-refractivity contribution in [2.45, 2.75) is 32.2 Å². The molecule has 2 aromatic rings. The van der Waals surface area contributed by atoms with E-state index in [0.29, 0.717) is 0 Å². The zero-order valence-electron chi connectivity index (χ0n) is 11.9. The van der Waals surface area contributed by atoms with Crippen LogP contribution in [0.5, 0.6) is 0 Å². The number of amides is 1. The SMILES string of the molecule is Cc1ccccc1C(=O)NC1CCCc2c1cnn2C. The van der Waals surface area contributed by atoms with Crippen LogP contribution in [-0.2, 0) is 13.5 Å². The Kier molecular flexibility index (Phi) is 3.30. The zero-order chi connectivity index (χ0) is 14.1. The molecule has 1 amide bonds. The van der Waals surface area contributed by atoms with Crippen LogP contribution in [0.15, 0.2) is 30.5 Å². The Balaban J connectivity index is 1.83. The molecule has 0 fully saturated rings. The number of hydrogen-bond donors (Lipinski definition) is 1. The summed E-state index contributed by atoms with van der Waals surface area (Å²) in [5.41, 5.74) is 4.17. The summed E-state index contributed by atoms with van der Waals surface area (Å²) < 4.78 is 1.92. The lowest BCUT2D eigenvalue weighted by Gasteiger charge is -2.24. The molecular formula is C16H19N3O. The van der Waals surface area contributed by atoms with Gasteiger partial charge in [0.25, 0.3) is 5.91 Å². The van der Waals surface area contributed by atoms with Gasteiger partial charge in [0.2, 0.25) is 0 Å². The van der Waals surface area contributed by atoms with Crippen LogP contribution in [0.25, 0.3) is 0 Å². The third-order valence-corrected chi connectivity index (χ3v) is 4.07. The maximum atomic E-state index is 12.4. The standard InChI is InChI=1S/C16H19N3O/c1-11-6-3-4-7-12(11)16(20)18-14-8-5-9-15-13(14)10-17-19(15)2/h3-4,6-7,10,14H,5,8-9H2,1-2H3,(H,18,20). The van der Waals surface area contributed by atoms with Gasteiger partial charge in [0.1, 0.15) is 0 Å². The van der Waals surface area contributed by atoms with Gasteiger partial charge in [-0.05, 0) is 37.8 Å². The van der Waals surface area contributed by atoms with Gasteiger partial charge in [-0.3, -0.25) is 9.48 Å². The number of carbonyl (C=O) groups excluding carboxylic acids is 1. The van der Waals surface area contributed by atoms with Crippen LogP contribution < -0.4 is 5.32 Å². The maximum absolute atomic E-state index is 12.4. The van der Waals surface area contributed by atoms with Crippen molar-refractivity contribution >= 4 is 5.91 Å². The van der Waals surface area contributed by atoms with E-state index in [1.54, 1.807) is 0 Å². The summed E-state index contributed by atoms with van der Waals surface area (Å²) in [5, 5.41) is 7.46. The van der Waals surface area contributed by atoms with Gasteiger partial charge in [-0.1, -0.05) is 18.2 Å². The van der Waals surface area contributed by atoms with Crippen LogP contribution in [0, 0.1) is 6.92 Å². The number of nitrogens with zero attached hydrogens (tertiary/aromatic N) is 2. The van der Waals surface area contributed by atoms with E-state index in [1.165, 1.54) is 11.3 Å². The molecule has 0 saturated heterocycles. The van der Waals surface area contributed by atoms with Gasteiger partial charge in [0, 0.05) is 23.9 Å². The zero-order valence-corrected chi connectivity index (χ0v) is 11.9. The van der Waals surface area contributed by atoms with Gasteiger partial charge in [-0.25, -0.2) is 0 Å². The van der Waals surface area contributed by atoms with Crippen molar-refractivity contribution in [3.63, 3.8) is 0 Å². The number of benzene rings is 1. The lowest BCUT2D eigenvalue weighted by Crippen LogP contribution is -2.31. The summed E-state index contributed by atoms with van der Waals surface area (Å²) >= 11 is 0. The molecule has 4 heteroatoms. The van der Waals surface area contributed by atoms with Crippen LogP contribution in [0.4, 0.5) is 0 Å². The quantitative estimate of drug-likeness (QED) is 0.910. The third-order valence-electron chi connectivity index (χ3n) is 4.07. The van der Waals surface area contributed by atoms with Crippen molar-refractivity contribution in [2.75, 3.05) is 0 Å². The Hall–Kier alpha value is -2.10. The van der Waals surface area contributed by atoms with Crippen LogP contribution in [0.3, 0.4) is 0 Å². The molecule has 0 radical (unpaired) electrons. The highest BCUT2D eigenvalue weighted by atomic mass is 16.1. The molecule has 0 bridgehead atoms. The molecule has 1 aliphatic carbocycles. The van der Waals surface area contributed by atoms with Gasteiger partial charge < -0.3 is 5.32 Å². The van der Waals surface area contributed by atoms with Crippen molar-refractivity contribution in [3.8, 4) is 0 Å². The number of nitrogens with one attached hydrogen (secondary N) is 1. The number of rotatable bonds is 2. The molecule has 104 valence electrons. The van der Waals surface area contributed by atoms with E-state index >= 15 is 0 Å². The van der Waals surface area contributed by atoms with Gasteiger partial charge >= 0.3 is 0 Å². The highest BCUT2D eigenvalue weighted by Crippen LogP contribution is 2.29. The summed E-state index contributed by atoms with van der Waals surface area (Å²) in [6.45, 7) is 1.96. The van der Waals surface area contributed by atoms with Gasteiger partial charge in [0.05, 0.1) is 12.2 Å². The summed E-state index contributed by atoms with van der Waals surface area (Å²) in [6, 6.07) is 7.77. The first-order chi connectivity index (χ1) is 9.66.